The molecule has 0 aliphatic rings. The highest BCUT2D eigenvalue weighted by molar-refractivity contribution is 5.88. The van der Waals surface area contributed by atoms with Gasteiger partial charge in [0.2, 0.25) is 0 Å². The highest BCUT2D eigenvalue weighted by atomic mass is 16.1. The Morgan fingerprint density at radius 1 is 1.50 bits per heavy atom. The standard InChI is InChI=1S/C10H9N5O/c1-2-6-4-15-9(13-6)8-7(10(16)14-15)3-11-5-12-8/h3-5H,2H2,1H3,(H,14,16). The number of aromatic nitrogens is 5. The van der Waals surface area contributed by atoms with Crippen LogP contribution in [0.1, 0.15) is 12.6 Å². The summed E-state index contributed by atoms with van der Waals surface area (Å²) in [6.45, 7) is 2.01. The third-order valence-electron chi connectivity index (χ3n) is 2.51. The molecule has 1 N–H and O–H groups in total. The molecular weight excluding hydrogens is 206 g/mol. The van der Waals surface area contributed by atoms with E-state index >= 15 is 0 Å². The molecule has 0 bridgehead atoms. The first kappa shape index (κ1) is 9.02. The van der Waals surface area contributed by atoms with Crippen molar-refractivity contribution >= 4 is 16.6 Å². The number of H-pyrrole nitrogens is 1. The number of rotatable bonds is 1. The van der Waals surface area contributed by atoms with Gasteiger partial charge in [-0.05, 0) is 6.42 Å². The lowest BCUT2D eigenvalue weighted by Gasteiger charge is -1.97. The van der Waals surface area contributed by atoms with Gasteiger partial charge in [0, 0.05) is 6.20 Å². The second-order valence-electron chi connectivity index (χ2n) is 3.51. The summed E-state index contributed by atoms with van der Waals surface area (Å²) in [5.74, 6) is 0. The Bertz CT molecular complexity index is 727. The van der Waals surface area contributed by atoms with Crippen LogP contribution in [0.4, 0.5) is 0 Å². The quantitative estimate of drug-likeness (QED) is 0.642. The zero-order chi connectivity index (χ0) is 11.1. The first-order chi connectivity index (χ1) is 7.79. The van der Waals surface area contributed by atoms with Gasteiger partial charge in [0.15, 0.2) is 5.65 Å². The number of aromatic amines is 1. The van der Waals surface area contributed by atoms with Crippen molar-refractivity contribution in [3.63, 3.8) is 0 Å². The predicted molar refractivity (Wildman–Crippen MR) is 58.3 cm³/mol. The normalized spacial score (nSPS) is 11.3. The van der Waals surface area contributed by atoms with Gasteiger partial charge in [0.05, 0.1) is 17.3 Å². The fourth-order valence-electron chi connectivity index (χ4n) is 1.70. The van der Waals surface area contributed by atoms with Crippen molar-refractivity contribution in [2.75, 3.05) is 0 Å². The monoisotopic (exact) mass is 215 g/mol. The largest absolute Gasteiger partial charge is 0.274 e. The average Bonchev–Trinajstić information content (AvgIpc) is 2.72. The minimum Gasteiger partial charge on any atom is -0.267 e. The van der Waals surface area contributed by atoms with E-state index in [1.54, 1.807) is 10.7 Å². The Labute approximate surface area is 90.0 Å². The van der Waals surface area contributed by atoms with Crippen LogP contribution in [0, 0.1) is 0 Å². The van der Waals surface area contributed by atoms with Crippen molar-refractivity contribution in [1.82, 2.24) is 24.6 Å². The van der Waals surface area contributed by atoms with E-state index in [1.165, 1.54) is 12.5 Å². The zero-order valence-corrected chi connectivity index (χ0v) is 8.64. The number of fused-ring (bicyclic) bond motifs is 3. The van der Waals surface area contributed by atoms with E-state index in [4.69, 9.17) is 0 Å². The van der Waals surface area contributed by atoms with E-state index in [2.05, 4.69) is 20.1 Å². The molecular formula is C10H9N5O. The van der Waals surface area contributed by atoms with Crippen LogP contribution >= 0.6 is 0 Å². The molecule has 0 atom stereocenters. The minimum atomic E-state index is -0.205. The van der Waals surface area contributed by atoms with E-state index < -0.39 is 0 Å². The maximum atomic E-state index is 11.7. The first-order valence-electron chi connectivity index (χ1n) is 4.99. The van der Waals surface area contributed by atoms with Crippen molar-refractivity contribution < 1.29 is 0 Å². The van der Waals surface area contributed by atoms with Crippen LogP contribution in [-0.2, 0) is 6.42 Å². The molecule has 0 fully saturated rings. The van der Waals surface area contributed by atoms with Gasteiger partial charge in [0.1, 0.15) is 11.8 Å². The fourth-order valence-corrected chi connectivity index (χ4v) is 1.70. The summed E-state index contributed by atoms with van der Waals surface area (Å²) in [5, 5.41) is 3.17. The average molecular weight is 215 g/mol. The number of nitrogens with one attached hydrogen (secondary N) is 1. The molecule has 0 aliphatic heterocycles. The molecule has 0 amide bonds. The van der Waals surface area contributed by atoms with Crippen LogP contribution in [-0.4, -0.2) is 24.6 Å². The second-order valence-corrected chi connectivity index (χ2v) is 3.51. The van der Waals surface area contributed by atoms with E-state index in [1.807, 2.05) is 6.92 Å². The Morgan fingerprint density at radius 3 is 3.19 bits per heavy atom. The summed E-state index contributed by atoms with van der Waals surface area (Å²) in [4.78, 5) is 24.1. The second kappa shape index (κ2) is 3.13. The van der Waals surface area contributed by atoms with Gasteiger partial charge in [-0.2, -0.15) is 0 Å². The lowest BCUT2D eigenvalue weighted by atomic mass is 10.3. The van der Waals surface area contributed by atoms with Crippen molar-refractivity contribution in [1.29, 1.82) is 0 Å². The van der Waals surface area contributed by atoms with Crippen LogP contribution in [0.5, 0.6) is 0 Å². The molecule has 3 rings (SSSR count). The lowest BCUT2D eigenvalue weighted by Crippen LogP contribution is -2.12. The molecule has 0 unspecified atom stereocenters. The van der Waals surface area contributed by atoms with Crippen LogP contribution in [0.25, 0.3) is 16.6 Å². The van der Waals surface area contributed by atoms with Gasteiger partial charge in [0.25, 0.3) is 5.56 Å². The topological polar surface area (TPSA) is 75.9 Å². The number of hydrogen-bond donors (Lipinski definition) is 1. The summed E-state index contributed by atoms with van der Waals surface area (Å²) in [7, 11) is 0. The molecule has 3 aromatic heterocycles. The first-order valence-corrected chi connectivity index (χ1v) is 4.99. The Kier molecular flexibility index (Phi) is 1.76. The third kappa shape index (κ3) is 1.13. The Hall–Kier alpha value is -2.24. The van der Waals surface area contributed by atoms with E-state index in [0.29, 0.717) is 16.6 Å². The van der Waals surface area contributed by atoms with Crippen molar-refractivity contribution in [2.24, 2.45) is 0 Å². The van der Waals surface area contributed by atoms with Crippen molar-refractivity contribution in [2.45, 2.75) is 13.3 Å². The van der Waals surface area contributed by atoms with E-state index in [-0.39, 0.29) is 5.56 Å². The van der Waals surface area contributed by atoms with Crippen molar-refractivity contribution in [3.8, 4) is 0 Å². The van der Waals surface area contributed by atoms with Gasteiger partial charge >= 0.3 is 0 Å². The fraction of sp³-hybridized carbons (Fsp3) is 0.200. The molecule has 6 heteroatoms. The molecule has 6 nitrogen and oxygen atoms in total. The summed E-state index contributed by atoms with van der Waals surface area (Å²) >= 11 is 0. The number of hydrogen-bond acceptors (Lipinski definition) is 4. The maximum Gasteiger partial charge on any atom is 0.274 e. The molecule has 0 spiro atoms. The summed E-state index contributed by atoms with van der Waals surface area (Å²) in [6, 6.07) is 0. The Morgan fingerprint density at radius 2 is 2.38 bits per heavy atom. The smallest absolute Gasteiger partial charge is 0.267 e. The van der Waals surface area contributed by atoms with Gasteiger partial charge in [-0.15, -0.1) is 0 Å². The van der Waals surface area contributed by atoms with E-state index in [0.717, 1.165) is 12.1 Å². The van der Waals surface area contributed by atoms with Gasteiger partial charge < -0.3 is 0 Å². The molecule has 3 heterocycles. The number of nitrogens with zero attached hydrogens (tertiary/aromatic N) is 4. The molecule has 3 aromatic rings. The molecule has 0 saturated heterocycles. The summed E-state index contributed by atoms with van der Waals surface area (Å²) < 4.78 is 1.61. The highest BCUT2D eigenvalue weighted by Gasteiger charge is 2.08. The summed E-state index contributed by atoms with van der Waals surface area (Å²) in [6.07, 6.45) is 5.54. The SMILES string of the molecule is CCc1cn2[nH]c(=O)c3cncnc3c2n1. The highest BCUT2D eigenvalue weighted by Crippen LogP contribution is 2.11. The van der Waals surface area contributed by atoms with Crippen molar-refractivity contribution in [3.05, 3.63) is 34.8 Å². The predicted octanol–water partition coefficient (Wildman–Crippen LogP) is 0.528. The van der Waals surface area contributed by atoms with Crippen LogP contribution in [0.3, 0.4) is 0 Å². The molecule has 0 saturated carbocycles. The lowest BCUT2D eigenvalue weighted by molar-refractivity contribution is 0.910. The number of aryl methyl sites for hydroxylation is 1. The maximum absolute atomic E-state index is 11.7. The number of imidazole rings is 1. The van der Waals surface area contributed by atoms with E-state index in [9.17, 15) is 4.79 Å². The molecule has 16 heavy (non-hydrogen) atoms. The Balaban J connectivity index is 2.57. The van der Waals surface area contributed by atoms with Gasteiger partial charge in [-0.1, -0.05) is 6.92 Å². The molecule has 0 aromatic carbocycles. The van der Waals surface area contributed by atoms with Crippen LogP contribution in [0.2, 0.25) is 0 Å². The van der Waals surface area contributed by atoms with Gasteiger partial charge in [-0.3, -0.25) is 9.89 Å². The van der Waals surface area contributed by atoms with Crippen LogP contribution < -0.4 is 5.56 Å². The molecule has 0 aliphatic carbocycles. The molecule has 0 radical (unpaired) electrons. The minimum absolute atomic E-state index is 0.205. The zero-order valence-electron chi connectivity index (χ0n) is 8.64. The van der Waals surface area contributed by atoms with Crippen LogP contribution in [0.15, 0.2) is 23.5 Å². The van der Waals surface area contributed by atoms with Gasteiger partial charge in [-0.25, -0.2) is 19.5 Å². The molecule has 80 valence electrons. The summed E-state index contributed by atoms with van der Waals surface area (Å²) in [5.41, 5.74) is 1.96. The third-order valence-corrected chi connectivity index (χ3v) is 2.51.